The fourth-order valence-electron chi connectivity index (χ4n) is 3.38. The molecule has 144 valence electrons. The fourth-order valence-corrected chi connectivity index (χ4v) is 3.38. The number of aromatic nitrogens is 4. The van der Waals surface area contributed by atoms with Gasteiger partial charge < -0.3 is 9.64 Å². The molecular formula is C21H23N5O2. The van der Waals surface area contributed by atoms with Crippen molar-refractivity contribution in [3.05, 3.63) is 60.7 Å². The van der Waals surface area contributed by atoms with E-state index in [1.807, 2.05) is 48.3 Å². The Labute approximate surface area is 164 Å². The van der Waals surface area contributed by atoms with Gasteiger partial charge in [0.25, 0.3) is 5.91 Å². The largest absolute Gasteiger partial charge is 0.477 e. The summed E-state index contributed by atoms with van der Waals surface area (Å²) < 4.78 is 7.57. The van der Waals surface area contributed by atoms with Gasteiger partial charge >= 0.3 is 0 Å². The third-order valence-electron chi connectivity index (χ3n) is 5.01. The number of aryl methyl sites for hydroxylation is 1. The van der Waals surface area contributed by atoms with Crippen molar-refractivity contribution in [3.8, 4) is 17.1 Å². The number of amides is 1. The van der Waals surface area contributed by atoms with Crippen molar-refractivity contribution in [1.82, 2.24) is 24.6 Å². The third kappa shape index (κ3) is 4.19. The second-order valence-electron chi connectivity index (χ2n) is 7.03. The van der Waals surface area contributed by atoms with E-state index in [2.05, 4.69) is 15.1 Å². The van der Waals surface area contributed by atoms with Crippen LogP contribution in [0.2, 0.25) is 0 Å². The van der Waals surface area contributed by atoms with Gasteiger partial charge in [0.05, 0.1) is 12.3 Å². The van der Waals surface area contributed by atoms with E-state index >= 15 is 0 Å². The summed E-state index contributed by atoms with van der Waals surface area (Å²) in [6, 6.07) is 13.6. The number of carbonyl (C=O) groups excluding carboxylic acids is 1. The summed E-state index contributed by atoms with van der Waals surface area (Å²) in [6.07, 6.45) is 5.15. The molecule has 3 heterocycles. The van der Waals surface area contributed by atoms with E-state index < -0.39 is 0 Å². The van der Waals surface area contributed by atoms with E-state index in [1.165, 1.54) is 6.33 Å². The second-order valence-corrected chi connectivity index (χ2v) is 7.03. The Hall–Kier alpha value is -3.22. The van der Waals surface area contributed by atoms with Crippen molar-refractivity contribution in [1.29, 1.82) is 0 Å². The van der Waals surface area contributed by atoms with Crippen LogP contribution in [0.15, 0.2) is 55.0 Å². The number of nitrogens with zero attached hydrogens (tertiary/aromatic N) is 5. The molecule has 1 aromatic carbocycles. The number of hydrogen-bond donors (Lipinski definition) is 0. The number of piperidine rings is 1. The van der Waals surface area contributed by atoms with Crippen molar-refractivity contribution in [3.63, 3.8) is 0 Å². The van der Waals surface area contributed by atoms with Crippen molar-refractivity contribution in [2.75, 3.05) is 19.7 Å². The van der Waals surface area contributed by atoms with E-state index in [9.17, 15) is 4.79 Å². The summed E-state index contributed by atoms with van der Waals surface area (Å²) >= 11 is 0. The average Bonchev–Trinajstić information content (AvgIpc) is 3.19. The van der Waals surface area contributed by atoms with Gasteiger partial charge in [-0.2, -0.15) is 5.10 Å². The van der Waals surface area contributed by atoms with Crippen LogP contribution in [0.4, 0.5) is 0 Å². The highest BCUT2D eigenvalue weighted by Gasteiger charge is 2.25. The zero-order valence-corrected chi connectivity index (χ0v) is 15.9. The number of carbonyl (C=O) groups is 1. The summed E-state index contributed by atoms with van der Waals surface area (Å²) in [6.45, 7) is 2.04. The Balaban J connectivity index is 1.29. The minimum Gasteiger partial charge on any atom is -0.477 e. The molecule has 1 aliphatic rings. The summed E-state index contributed by atoms with van der Waals surface area (Å²) in [5, 5.41) is 4.20. The third-order valence-corrected chi connectivity index (χ3v) is 5.01. The number of ether oxygens (including phenoxy) is 1. The minimum absolute atomic E-state index is 0.00303. The van der Waals surface area contributed by atoms with Crippen LogP contribution in [0, 0.1) is 5.92 Å². The summed E-state index contributed by atoms with van der Waals surface area (Å²) in [5.41, 5.74) is 2.39. The molecule has 7 heteroatoms. The van der Waals surface area contributed by atoms with Crippen LogP contribution in [0.25, 0.3) is 11.3 Å². The van der Waals surface area contributed by atoms with Gasteiger partial charge in [-0.15, -0.1) is 0 Å². The first-order valence-corrected chi connectivity index (χ1v) is 9.48. The van der Waals surface area contributed by atoms with Crippen molar-refractivity contribution < 1.29 is 9.53 Å². The van der Waals surface area contributed by atoms with Gasteiger partial charge in [-0.05, 0) is 24.8 Å². The molecule has 0 bridgehead atoms. The lowest BCUT2D eigenvalue weighted by Gasteiger charge is -2.31. The molecule has 28 heavy (non-hydrogen) atoms. The molecule has 1 fully saturated rings. The predicted octanol–water partition coefficient (Wildman–Crippen LogP) is 2.81. The highest BCUT2D eigenvalue weighted by atomic mass is 16.5. The number of benzene rings is 1. The van der Waals surface area contributed by atoms with E-state index in [0.717, 1.165) is 37.2 Å². The summed E-state index contributed by atoms with van der Waals surface area (Å²) in [5.74, 6) is 0.993. The predicted molar refractivity (Wildman–Crippen MR) is 105 cm³/mol. The SMILES string of the molecule is Cn1ccc(C(=O)N2CCC(COc3cc(-c4ccccc4)ncn3)CC2)n1. The molecule has 4 rings (SSSR count). The Morgan fingerprint density at radius 3 is 2.64 bits per heavy atom. The van der Waals surface area contributed by atoms with E-state index in [1.54, 1.807) is 16.9 Å². The number of hydrogen-bond acceptors (Lipinski definition) is 5. The number of rotatable bonds is 5. The molecule has 0 aliphatic carbocycles. The first-order chi connectivity index (χ1) is 13.7. The molecule has 1 amide bonds. The standard InChI is InChI=1S/C21H23N5O2/c1-25-10-9-18(24-25)21(27)26-11-7-16(8-12-26)14-28-20-13-19(22-15-23-20)17-5-3-2-4-6-17/h2-6,9-10,13,15-16H,7-8,11-12,14H2,1H3. The highest BCUT2D eigenvalue weighted by Crippen LogP contribution is 2.22. The molecule has 1 saturated heterocycles. The van der Waals surface area contributed by atoms with Crippen LogP contribution in [0.1, 0.15) is 23.3 Å². The summed E-state index contributed by atoms with van der Waals surface area (Å²) in [4.78, 5) is 22.9. The Bertz CT molecular complexity index is 933. The zero-order chi connectivity index (χ0) is 19.3. The lowest BCUT2D eigenvalue weighted by atomic mass is 9.97. The van der Waals surface area contributed by atoms with Gasteiger partial charge in [0.2, 0.25) is 5.88 Å². The molecule has 0 spiro atoms. The molecule has 0 saturated carbocycles. The normalized spacial score (nSPS) is 14.8. The van der Waals surface area contributed by atoms with Crippen LogP contribution in [0.3, 0.4) is 0 Å². The Kier molecular flexibility index (Phi) is 5.32. The van der Waals surface area contributed by atoms with E-state index in [-0.39, 0.29) is 5.91 Å². The van der Waals surface area contributed by atoms with Crippen molar-refractivity contribution in [2.45, 2.75) is 12.8 Å². The summed E-state index contributed by atoms with van der Waals surface area (Å²) in [7, 11) is 1.82. The minimum atomic E-state index is 0.00303. The lowest BCUT2D eigenvalue weighted by molar-refractivity contribution is 0.0652. The van der Waals surface area contributed by atoms with Crippen LogP contribution in [-0.4, -0.2) is 50.3 Å². The van der Waals surface area contributed by atoms with Crippen LogP contribution in [-0.2, 0) is 7.05 Å². The maximum atomic E-state index is 12.5. The quantitative estimate of drug-likeness (QED) is 0.684. The molecule has 1 aliphatic heterocycles. The van der Waals surface area contributed by atoms with Crippen LogP contribution < -0.4 is 4.74 Å². The monoisotopic (exact) mass is 377 g/mol. The van der Waals surface area contributed by atoms with Gasteiger partial charge in [0.1, 0.15) is 12.0 Å². The van der Waals surface area contributed by atoms with Gasteiger partial charge in [-0.25, -0.2) is 9.97 Å². The van der Waals surface area contributed by atoms with E-state index in [4.69, 9.17) is 4.74 Å². The second kappa shape index (κ2) is 8.21. The molecular weight excluding hydrogens is 354 g/mol. The van der Waals surface area contributed by atoms with Gasteiger partial charge in [-0.3, -0.25) is 9.48 Å². The first kappa shape index (κ1) is 18.2. The topological polar surface area (TPSA) is 73.1 Å². The van der Waals surface area contributed by atoms with Gasteiger partial charge in [0, 0.05) is 38.0 Å². The van der Waals surface area contributed by atoms with Gasteiger partial charge in [-0.1, -0.05) is 30.3 Å². The molecule has 3 aromatic rings. The molecule has 0 unspecified atom stereocenters. The lowest BCUT2D eigenvalue weighted by Crippen LogP contribution is -2.40. The van der Waals surface area contributed by atoms with Crippen LogP contribution in [0.5, 0.6) is 5.88 Å². The molecule has 7 nitrogen and oxygen atoms in total. The zero-order valence-electron chi connectivity index (χ0n) is 15.9. The van der Waals surface area contributed by atoms with Crippen molar-refractivity contribution in [2.24, 2.45) is 13.0 Å². The average molecular weight is 377 g/mol. The Morgan fingerprint density at radius 2 is 1.93 bits per heavy atom. The van der Waals surface area contributed by atoms with Crippen molar-refractivity contribution >= 4 is 5.91 Å². The smallest absolute Gasteiger partial charge is 0.274 e. The maximum Gasteiger partial charge on any atom is 0.274 e. The first-order valence-electron chi connectivity index (χ1n) is 9.48. The number of likely N-dealkylation sites (tertiary alicyclic amines) is 1. The van der Waals surface area contributed by atoms with E-state index in [0.29, 0.717) is 24.1 Å². The Morgan fingerprint density at radius 1 is 1.14 bits per heavy atom. The van der Waals surface area contributed by atoms with Gasteiger partial charge in [0.15, 0.2) is 0 Å². The molecule has 0 radical (unpaired) electrons. The molecule has 0 atom stereocenters. The molecule has 0 N–H and O–H groups in total. The highest BCUT2D eigenvalue weighted by molar-refractivity contribution is 5.92. The maximum absolute atomic E-state index is 12.5. The fraction of sp³-hybridized carbons (Fsp3) is 0.333. The van der Waals surface area contributed by atoms with Crippen LogP contribution >= 0.6 is 0 Å². The molecule has 2 aromatic heterocycles.